The summed E-state index contributed by atoms with van der Waals surface area (Å²) in [7, 11) is 0. The molecule has 0 saturated heterocycles. The van der Waals surface area contributed by atoms with Crippen molar-refractivity contribution in [2.24, 2.45) is 0 Å². The first-order chi connectivity index (χ1) is 12.0. The summed E-state index contributed by atoms with van der Waals surface area (Å²) < 4.78 is 4.87. The van der Waals surface area contributed by atoms with Crippen LogP contribution in [0.3, 0.4) is 0 Å². The number of amides is 1. The molecule has 0 unspecified atom stereocenters. The minimum absolute atomic E-state index is 0.422. The Morgan fingerprint density at radius 3 is 2.80 bits per heavy atom. The number of carbonyl (C=O) groups excluding carboxylic acids is 2. The van der Waals surface area contributed by atoms with Crippen molar-refractivity contribution in [1.82, 2.24) is 0 Å². The first-order valence-electron chi connectivity index (χ1n) is 7.39. The summed E-state index contributed by atoms with van der Waals surface area (Å²) in [6.45, 7) is 1.46. The van der Waals surface area contributed by atoms with Crippen molar-refractivity contribution in [2.75, 3.05) is 11.9 Å². The molecule has 2 aromatic rings. The fourth-order valence-electron chi connectivity index (χ4n) is 1.93. The van der Waals surface area contributed by atoms with Gasteiger partial charge < -0.3 is 10.1 Å². The molecule has 1 amide bonds. The maximum atomic E-state index is 11.8. The molecule has 1 N–H and O–H groups in total. The number of rotatable bonds is 5. The van der Waals surface area contributed by atoms with Gasteiger partial charge in [0.1, 0.15) is 0 Å². The van der Waals surface area contributed by atoms with Crippen molar-refractivity contribution in [3.8, 4) is 6.07 Å². The van der Waals surface area contributed by atoms with Gasteiger partial charge in [-0.3, -0.25) is 4.79 Å². The molecular formula is C19H15ClN2O3. The fraction of sp³-hybridized carbons (Fsp3) is 0.105. The van der Waals surface area contributed by atoms with Crippen LogP contribution in [0.15, 0.2) is 48.5 Å². The molecule has 0 radical (unpaired) electrons. The van der Waals surface area contributed by atoms with Crippen LogP contribution in [0.5, 0.6) is 0 Å². The van der Waals surface area contributed by atoms with Gasteiger partial charge in [-0.05, 0) is 48.4 Å². The van der Waals surface area contributed by atoms with Crippen LogP contribution in [0.4, 0.5) is 5.69 Å². The largest absolute Gasteiger partial charge is 0.452 e. The predicted octanol–water partition coefficient (Wildman–Crippen LogP) is 3.72. The molecule has 0 heterocycles. The Bertz CT molecular complexity index is 869. The maximum Gasteiger partial charge on any atom is 0.331 e. The normalized spacial score (nSPS) is 10.3. The summed E-state index contributed by atoms with van der Waals surface area (Å²) in [4.78, 5) is 23.4. The number of carbonyl (C=O) groups is 2. The molecule has 0 spiro atoms. The zero-order chi connectivity index (χ0) is 18.2. The van der Waals surface area contributed by atoms with E-state index in [2.05, 4.69) is 5.32 Å². The van der Waals surface area contributed by atoms with Gasteiger partial charge in [-0.2, -0.15) is 5.26 Å². The van der Waals surface area contributed by atoms with Gasteiger partial charge >= 0.3 is 5.97 Å². The second-order valence-electron chi connectivity index (χ2n) is 5.19. The Balaban J connectivity index is 1.84. The second-order valence-corrected chi connectivity index (χ2v) is 5.60. The van der Waals surface area contributed by atoms with Crippen molar-refractivity contribution in [3.63, 3.8) is 0 Å². The van der Waals surface area contributed by atoms with Gasteiger partial charge in [-0.1, -0.05) is 29.8 Å². The average Bonchev–Trinajstić information content (AvgIpc) is 2.61. The highest BCUT2D eigenvalue weighted by Crippen LogP contribution is 2.17. The van der Waals surface area contributed by atoms with Gasteiger partial charge in [-0.15, -0.1) is 0 Å². The number of nitrogens with one attached hydrogen (secondary N) is 1. The molecule has 2 rings (SSSR count). The predicted molar refractivity (Wildman–Crippen MR) is 96.0 cm³/mol. The van der Waals surface area contributed by atoms with Gasteiger partial charge in [0.2, 0.25) is 0 Å². The molecule has 2 aromatic carbocycles. The van der Waals surface area contributed by atoms with E-state index in [1.165, 1.54) is 12.1 Å². The molecule has 0 fully saturated rings. The van der Waals surface area contributed by atoms with Crippen LogP contribution in [-0.4, -0.2) is 18.5 Å². The first-order valence-corrected chi connectivity index (χ1v) is 7.77. The summed E-state index contributed by atoms with van der Waals surface area (Å²) in [5, 5.41) is 12.0. The molecule has 0 atom stereocenters. The lowest BCUT2D eigenvalue weighted by Crippen LogP contribution is -2.20. The number of aryl methyl sites for hydroxylation is 1. The van der Waals surface area contributed by atoms with Crippen molar-refractivity contribution >= 4 is 35.2 Å². The third-order valence-electron chi connectivity index (χ3n) is 3.23. The SMILES string of the molecule is Cc1ccc(/C=C/C(=O)OCC(=O)Nc2cccc(C#N)c2)cc1Cl. The highest BCUT2D eigenvalue weighted by Gasteiger charge is 2.06. The lowest BCUT2D eigenvalue weighted by molar-refractivity contribution is -0.142. The Hall–Kier alpha value is -3.10. The summed E-state index contributed by atoms with van der Waals surface area (Å²) in [6.07, 6.45) is 2.78. The zero-order valence-corrected chi connectivity index (χ0v) is 14.2. The van der Waals surface area contributed by atoms with E-state index in [0.717, 1.165) is 11.1 Å². The molecule has 126 valence electrons. The van der Waals surface area contributed by atoms with Gasteiger partial charge in [0, 0.05) is 16.8 Å². The third-order valence-corrected chi connectivity index (χ3v) is 3.64. The second kappa shape index (κ2) is 8.67. The number of anilines is 1. The van der Waals surface area contributed by atoms with Crippen LogP contribution in [-0.2, 0) is 14.3 Å². The third kappa shape index (κ3) is 5.79. The minimum Gasteiger partial charge on any atom is -0.452 e. The Labute approximate surface area is 150 Å². The van der Waals surface area contributed by atoms with Crippen LogP contribution in [0.25, 0.3) is 6.08 Å². The monoisotopic (exact) mass is 354 g/mol. The number of nitriles is 1. The molecular weight excluding hydrogens is 340 g/mol. The average molecular weight is 355 g/mol. The molecule has 0 aliphatic carbocycles. The van der Waals surface area contributed by atoms with Gasteiger partial charge in [0.05, 0.1) is 11.6 Å². The van der Waals surface area contributed by atoms with Gasteiger partial charge in [0.15, 0.2) is 6.61 Å². The summed E-state index contributed by atoms with van der Waals surface area (Å²) in [5.41, 5.74) is 2.59. The standard InChI is InChI=1S/C19H15ClN2O3/c1-13-5-6-14(10-17(13)20)7-8-19(24)25-12-18(23)22-16-4-2-3-15(9-16)11-21/h2-10H,12H2,1H3,(H,22,23)/b8-7+. The quantitative estimate of drug-likeness (QED) is 0.655. The number of halogens is 1. The van der Waals surface area contributed by atoms with Crippen LogP contribution >= 0.6 is 11.6 Å². The number of nitrogens with zero attached hydrogens (tertiary/aromatic N) is 1. The van der Waals surface area contributed by atoms with Crippen LogP contribution in [0.2, 0.25) is 5.02 Å². The zero-order valence-electron chi connectivity index (χ0n) is 13.5. The Morgan fingerprint density at radius 1 is 1.28 bits per heavy atom. The molecule has 5 nitrogen and oxygen atoms in total. The van der Waals surface area contributed by atoms with Crippen LogP contribution < -0.4 is 5.32 Å². The van der Waals surface area contributed by atoms with E-state index in [9.17, 15) is 9.59 Å². The van der Waals surface area contributed by atoms with E-state index in [4.69, 9.17) is 21.6 Å². The highest BCUT2D eigenvalue weighted by atomic mass is 35.5. The van der Waals surface area contributed by atoms with E-state index in [1.807, 2.05) is 25.1 Å². The number of hydrogen-bond acceptors (Lipinski definition) is 4. The summed E-state index contributed by atoms with van der Waals surface area (Å²) in [5.74, 6) is -1.13. The summed E-state index contributed by atoms with van der Waals surface area (Å²) in [6, 6.07) is 13.8. The highest BCUT2D eigenvalue weighted by molar-refractivity contribution is 6.31. The lowest BCUT2D eigenvalue weighted by atomic mass is 10.1. The van der Waals surface area contributed by atoms with E-state index in [1.54, 1.807) is 30.3 Å². The van der Waals surface area contributed by atoms with Crippen molar-refractivity contribution in [2.45, 2.75) is 6.92 Å². The number of benzene rings is 2. The minimum atomic E-state index is -0.641. The van der Waals surface area contributed by atoms with Crippen molar-refractivity contribution in [1.29, 1.82) is 5.26 Å². The number of esters is 1. The molecule has 0 aromatic heterocycles. The van der Waals surface area contributed by atoms with E-state index in [-0.39, 0.29) is 0 Å². The van der Waals surface area contributed by atoms with Crippen molar-refractivity contribution < 1.29 is 14.3 Å². The smallest absolute Gasteiger partial charge is 0.331 e. The van der Waals surface area contributed by atoms with Gasteiger partial charge in [0.25, 0.3) is 5.91 Å². The Morgan fingerprint density at radius 2 is 2.08 bits per heavy atom. The summed E-state index contributed by atoms with van der Waals surface area (Å²) >= 11 is 6.01. The van der Waals surface area contributed by atoms with E-state index >= 15 is 0 Å². The first kappa shape index (κ1) is 18.2. The van der Waals surface area contributed by atoms with Crippen molar-refractivity contribution in [3.05, 3.63) is 70.3 Å². The molecule has 25 heavy (non-hydrogen) atoms. The number of ether oxygens (including phenoxy) is 1. The number of hydrogen-bond donors (Lipinski definition) is 1. The lowest BCUT2D eigenvalue weighted by Gasteiger charge is -2.05. The molecule has 0 saturated carbocycles. The van der Waals surface area contributed by atoms with E-state index in [0.29, 0.717) is 16.3 Å². The molecule has 0 aliphatic rings. The van der Waals surface area contributed by atoms with Crippen LogP contribution in [0, 0.1) is 18.3 Å². The molecule has 0 aliphatic heterocycles. The fourth-order valence-corrected chi connectivity index (χ4v) is 2.11. The topological polar surface area (TPSA) is 79.2 Å². The van der Waals surface area contributed by atoms with Crippen LogP contribution in [0.1, 0.15) is 16.7 Å². The Kier molecular flexibility index (Phi) is 6.33. The van der Waals surface area contributed by atoms with Gasteiger partial charge in [-0.25, -0.2) is 4.79 Å². The van der Waals surface area contributed by atoms with E-state index < -0.39 is 18.5 Å². The maximum absolute atomic E-state index is 11.8. The molecule has 6 heteroatoms. The molecule has 0 bridgehead atoms.